The third-order valence-corrected chi connectivity index (χ3v) is 3.82. The van der Waals surface area contributed by atoms with E-state index in [0.29, 0.717) is 6.04 Å². The molecule has 1 unspecified atom stereocenters. The van der Waals surface area contributed by atoms with Crippen molar-refractivity contribution < 1.29 is 4.74 Å². The first-order valence-corrected chi connectivity index (χ1v) is 6.88. The van der Waals surface area contributed by atoms with Gasteiger partial charge in [0, 0.05) is 18.8 Å². The monoisotopic (exact) mass is 240 g/mol. The zero-order valence-corrected chi connectivity index (χ0v) is 10.7. The second kappa shape index (κ2) is 6.33. The van der Waals surface area contributed by atoms with Crippen molar-refractivity contribution in [3.05, 3.63) is 16.1 Å². The van der Waals surface area contributed by atoms with Crippen molar-refractivity contribution in [1.82, 2.24) is 10.3 Å². The first-order chi connectivity index (χ1) is 7.84. The summed E-state index contributed by atoms with van der Waals surface area (Å²) in [6, 6.07) is 0.678. The second-order valence-corrected chi connectivity index (χ2v) is 5.65. The Morgan fingerprint density at radius 2 is 2.50 bits per heavy atom. The summed E-state index contributed by atoms with van der Waals surface area (Å²) in [6.45, 7) is 4.78. The molecule has 4 heteroatoms. The fraction of sp³-hybridized carbons (Fsp3) is 0.750. The highest BCUT2D eigenvalue weighted by Crippen LogP contribution is 2.14. The summed E-state index contributed by atoms with van der Waals surface area (Å²) in [5.74, 6) is 0. The molecule has 16 heavy (non-hydrogen) atoms. The van der Waals surface area contributed by atoms with Crippen molar-refractivity contribution in [3.63, 3.8) is 0 Å². The van der Waals surface area contributed by atoms with Crippen LogP contribution >= 0.6 is 11.3 Å². The number of hydrogen-bond donors (Lipinski definition) is 1. The van der Waals surface area contributed by atoms with E-state index in [4.69, 9.17) is 4.74 Å². The zero-order chi connectivity index (χ0) is 11.2. The number of rotatable bonds is 5. The number of aromatic nitrogens is 1. The molecule has 3 nitrogen and oxygen atoms in total. The molecule has 90 valence electrons. The zero-order valence-electron chi connectivity index (χ0n) is 9.87. The third-order valence-electron chi connectivity index (χ3n) is 2.94. The minimum atomic E-state index is 0.678. The summed E-state index contributed by atoms with van der Waals surface area (Å²) in [4.78, 5) is 5.44. The van der Waals surface area contributed by atoms with Gasteiger partial charge in [-0.3, -0.25) is 0 Å². The Hall–Kier alpha value is -0.450. The Kier molecular flexibility index (Phi) is 4.75. The molecular weight excluding hydrogens is 220 g/mol. The average Bonchev–Trinajstić information content (AvgIpc) is 2.72. The van der Waals surface area contributed by atoms with E-state index in [-0.39, 0.29) is 0 Å². The number of nitrogens with zero attached hydrogens (tertiary/aromatic N) is 1. The predicted octanol–water partition coefficient (Wildman–Crippen LogP) is 2.50. The van der Waals surface area contributed by atoms with Gasteiger partial charge in [-0.1, -0.05) is 6.42 Å². The molecule has 1 aliphatic rings. The molecule has 2 heterocycles. The van der Waals surface area contributed by atoms with Crippen molar-refractivity contribution >= 4 is 11.3 Å². The van der Waals surface area contributed by atoms with Crippen LogP contribution in [0.4, 0.5) is 0 Å². The van der Waals surface area contributed by atoms with Gasteiger partial charge in [0.1, 0.15) is 0 Å². The number of thiazole rings is 1. The van der Waals surface area contributed by atoms with Crippen LogP contribution in [0.2, 0.25) is 0 Å². The summed E-state index contributed by atoms with van der Waals surface area (Å²) < 4.78 is 5.67. The van der Waals surface area contributed by atoms with E-state index >= 15 is 0 Å². The number of aryl methyl sites for hydroxylation is 1. The largest absolute Gasteiger partial charge is 0.376 e. The molecule has 1 aromatic heterocycles. The lowest BCUT2D eigenvalue weighted by Crippen LogP contribution is -2.34. The summed E-state index contributed by atoms with van der Waals surface area (Å²) in [5, 5.41) is 4.65. The van der Waals surface area contributed by atoms with E-state index in [0.717, 1.165) is 24.6 Å². The molecule has 1 atom stereocenters. The van der Waals surface area contributed by atoms with Crippen LogP contribution in [0.3, 0.4) is 0 Å². The first kappa shape index (κ1) is 12.0. The van der Waals surface area contributed by atoms with E-state index in [2.05, 4.69) is 10.3 Å². The Morgan fingerprint density at radius 3 is 3.19 bits per heavy atom. The molecule has 0 aromatic carbocycles. The van der Waals surface area contributed by atoms with Crippen LogP contribution in [0.1, 0.15) is 35.6 Å². The quantitative estimate of drug-likeness (QED) is 0.803. The van der Waals surface area contributed by atoms with Gasteiger partial charge in [-0.05, 0) is 32.7 Å². The minimum Gasteiger partial charge on any atom is -0.376 e. The van der Waals surface area contributed by atoms with Crippen LogP contribution in [0.15, 0.2) is 6.20 Å². The lowest BCUT2D eigenvalue weighted by molar-refractivity contribution is 0.110. The maximum atomic E-state index is 5.67. The lowest BCUT2D eigenvalue weighted by atomic mass is 10.0. The number of nitrogens with one attached hydrogen (secondary N) is 1. The Labute approximate surface area is 101 Å². The second-order valence-electron chi connectivity index (χ2n) is 4.33. The molecule has 0 bridgehead atoms. The first-order valence-electron chi connectivity index (χ1n) is 6.07. The summed E-state index contributed by atoms with van der Waals surface area (Å²) in [6.07, 6.45) is 7.06. The van der Waals surface area contributed by atoms with Gasteiger partial charge in [-0.15, -0.1) is 11.3 Å². The molecule has 0 spiro atoms. The lowest BCUT2D eigenvalue weighted by Gasteiger charge is -2.23. The standard InChI is InChI=1S/C12H20N2OS/c1-10-14-8-12(16-10)9-15-7-5-11-4-2-3-6-13-11/h8,11,13H,2-7,9H2,1H3. The fourth-order valence-electron chi connectivity index (χ4n) is 2.04. The molecule has 1 aromatic rings. The summed E-state index contributed by atoms with van der Waals surface area (Å²) in [7, 11) is 0. The Morgan fingerprint density at radius 1 is 1.56 bits per heavy atom. The molecule has 0 aliphatic carbocycles. The van der Waals surface area contributed by atoms with Crippen molar-refractivity contribution in [2.45, 2.75) is 45.3 Å². The van der Waals surface area contributed by atoms with Gasteiger partial charge in [0.2, 0.25) is 0 Å². The van der Waals surface area contributed by atoms with E-state index < -0.39 is 0 Å². The van der Waals surface area contributed by atoms with Gasteiger partial charge in [0.15, 0.2) is 0 Å². The van der Waals surface area contributed by atoms with E-state index in [1.165, 1.54) is 30.7 Å². The third kappa shape index (κ3) is 3.85. The van der Waals surface area contributed by atoms with E-state index in [1.807, 2.05) is 13.1 Å². The van der Waals surface area contributed by atoms with Crippen LogP contribution < -0.4 is 5.32 Å². The number of ether oxygens (including phenoxy) is 1. The SMILES string of the molecule is Cc1ncc(COCCC2CCCCN2)s1. The van der Waals surface area contributed by atoms with Gasteiger partial charge < -0.3 is 10.1 Å². The minimum absolute atomic E-state index is 0.678. The molecule has 0 amide bonds. The molecule has 1 aliphatic heterocycles. The van der Waals surface area contributed by atoms with Crippen LogP contribution in [-0.2, 0) is 11.3 Å². The van der Waals surface area contributed by atoms with Gasteiger partial charge in [-0.2, -0.15) is 0 Å². The molecule has 0 radical (unpaired) electrons. The number of hydrogen-bond acceptors (Lipinski definition) is 4. The van der Waals surface area contributed by atoms with E-state index in [9.17, 15) is 0 Å². The maximum Gasteiger partial charge on any atom is 0.0897 e. The molecule has 1 N–H and O–H groups in total. The molecule has 2 rings (SSSR count). The molecular formula is C12H20N2OS. The topological polar surface area (TPSA) is 34.1 Å². The predicted molar refractivity (Wildman–Crippen MR) is 66.8 cm³/mol. The van der Waals surface area contributed by atoms with Crippen LogP contribution in [0.25, 0.3) is 0 Å². The van der Waals surface area contributed by atoms with E-state index in [1.54, 1.807) is 11.3 Å². The van der Waals surface area contributed by atoms with Gasteiger partial charge in [0.05, 0.1) is 16.5 Å². The maximum absolute atomic E-state index is 5.67. The van der Waals surface area contributed by atoms with Crippen molar-refractivity contribution in [2.75, 3.05) is 13.2 Å². The summed E-state index contributed by atoms with van der Waals surface area (Å²) >= 11 is 1.72. The Balaban J connectivity index is 1.57. The highest BCUT2D eigenvalue weighted by Gasteiger charge is 2.11. The highest BCUT2D eigenvalue weighted by atomic mass is 32.1. The van der Waals surface area contributed by atoms with Crippen LogP contribution in [-0.4, -0.2) is 24.2 Å². The van der Waals surface area contributed by atoms with Crippen molar-refractivity contribution in [3.8, 4) is 0 Å². The van der Waals surface area contributed by atoms with Gasteiger partial charge >= 0.3 is 0 Å². The average molecular weight is 240 g/mol. The smallest absolute Gasteiger partial charge is 0.0897 e. The van der Waals surface area contributed by atoms with Crippen molar-refractivity contribution in [2.24, 2.45) is 0 Å². The molecule has 1 saturated heterocycles. The fourth-order valence-corrected chi connectivity index (χ4v) is 2.77. The normalized spacial score (nSPS) is 21.2. The van der Waals surface area contributed by atoms with Gasteiger partial charge in [0.25, 0.3) is 0 Å². The van der Waals surface area contributed by atoms with Crippen LogP contribution in [0, 0.1) is 6.92 Å². The highest BCUT2D eigenvalue weighted by molar-refractivity contribution is 7.11. The van der Waals surface area contributed by atoms with Crippen LogP contribution in [0.5, 0.6) is 0 Å². The molecule has 0 saturated carbocycles. The van der Waals surface area contributed by atoms with Gasteiger partial charge in [-0.25, -0.2) is 4.98 Å². The summed E-state index contributed by atoms with van der Waals surface area (Å²) in [5.41, 5.74) is 0. The van der Waals surface area contributed by atoms with Crippen molar-refractivity contribution in [1.29, 1.82) is 0 Å². The number of piperidine rings is 1. The molecule has 1 fully saturated rings. The Bertz CT molecular complexity index is 308.